The average Bonchev–Trinajstić information content (AvgIpc) is 2.54. The number of sulfonamides is 1. The van der Waals surface area contributed by atoms with Gasteiger partial charge in [-0.2, -0.15) is 0 Å². The second-order valence-corrected chi connectivity index (χ2v) is 8.61. The summed E-state index contributed by atoms with van der Waals surface area (Å²) in [6, 6.07) is 3.99. The zero-order chi connectivity index (χ0) is 18.4. The molecule has 0 amide bonds. The van der Waals surface area contributed by atoms with E-state index in [0.717, 1.165) is 55.2 Å². The van der Waals surface area contributed by atoms with Crippen LogP contribution in [0.3, 0.4) is 0 Å². The minimum Gasteiger partial charge on any atom is -0.396 e. The number of rotatable bonds is 8. The fourth-order valence-electron chi connectivity index (χ4n) is 3.88. The summed E-state index contributed by atoms with van der Waals surface area (Å²) in [7, 11) is -3.83. The number of primary sulfonamides is 1. The Labute approximate surface area is 152 Å². The fraction of sp³-hybridized carbons (Fsp3) is 0.600. The van der Waals surface area contributed by atoms with E-state index in [9.17, 15) is 13.5 Å². The van der Waals surface area contributed by atoms with Crippen molar-refractivity contribution in [3.05, 3.63) is 40.5 Å². The average molecular weight is 366 g/mol. The summed E-state index contributed by atoms with van der Waals surface area (Å²) in [6.45, 7) is 4.17. The van der Waals surface area contributed by atoms with E-state index in [1.807, 2.05) is 6.07 Å². The number of benzene rings is 1. The van der Waals surface area contributed by atoms with E-state index in [1.165, 1.54) is 5.57 Å². The number of nitrogens with two attached hydrogens (primary N) is 1. The molecule has 1 aliphatic carbocycles. The third-order valence-corrected chi connectivity index (χ3v) is 6.12. The zero-order valence-electron chi connectivity index (χ0n) is 15.4. The van der Waals surface area contributed by atoms with Crippen LogP contribution in [0.25, 0.3) is 0 Å². The molecule has 25 heavy (non-hydrogen) atoms. The highest BCUT2D eigenvalue weighted by Gasteiger charge is 2.25. The molecule has 1 aromatic carbocycles. The Kier molecular flexibility index (Phi) is 7.23. The molecule has 0 aliphatic heterocycles. The first-order chi connectivity index (χ1) is 11.9. The molecule has 2 rings (SSSR count). The lowest BCUT2D eigenvalue weighted by Gasteiger charge is -2.25. The van der Waals surface area contributed by atoms with Gasteiger partial charge in [0.1, 0.15) is 0 Å². The molecule has 0 aromatic heterocycles. The molecule has 0 heterocycles. The van der Waals surface area contributed by atoms with Crippen molar-refractivity contribution in [3.63, 3.8) is 0 Å². The number of hydrogen-bond donors (Lipinski definition) is 2. The molecule has 1 unspecified atom stereocenters. The molecule has 0 fully saturated rings. The quantitative estimate of drug-likeness (QED) is 0.543. The van der Waals surface area contributed by atoms with Crippen LogP contribution in [0.5, 0.6) is 0 Å². The Morgan fingerprint density at radius 2 is 2.00 bits per heavy atom. The van der Waals surface area contributed by atoms with Gasteiger partial charge in [-0.25, -0.2) is 13.6 Å². The SMILES string of the molecule is CCCCCc1ccc(C2C=C(C)CCC2)c(CCO)c1S(N)(=O)=O. The highest BCUT2D eigenvalue weighted by Crippen LogP contribution is 2.36. The molecule has 0 saturated carbocycles. The fourth-order valence-corrected chi connectivity index (χ4v) is 4.98. The smallest absolute Gasteiger partial charge is 0.238 e. The first-order valence-electron chi connectivity index (χ1n) is 9.34. The van der Waals surface area contributed by atoms with Crippen molar-refractivity contribution in [2.24, 2.45) is 5.14 Å². The summed E-state index contributed by atoms with van der Waals surface area (Å²) in [6.07, 6.45) is 9.57. The van der Waals surface area contributed by atoms with Gasteiger partial charge in [0.25, 0.3) is 0 Å². The van der Waals surface area contributed by atoms with Crippen LogP contribution in [-0.4, -0.2) is 20.1 Å². The molecule has 5 heteroatoms. The van der Waals surface area contributed by atoms with Gasteiger partial charge in [-0.15, -0.1) is 0 Å². The molecule has 0 saturated heterocycles. The van der Waals surface area contributed by atoms with Crippen molar-refractivity contribution >= 4 is 10.0 Å². The van der Waals surface area contributed by atoms with Crippen LogP contribution in [0.1, 0.15) is 75.0 Å². The van der Waals surface area contributed by atoms with Gasteiger partial charge in [0.2, 0.25) is 10.0 Å². The molecule has 1 atom stereocenters. The van der Waals surface area contributed by atoms with E-state index in [0.29, 0.717) is 12.8 Å². The summed E-state index contributed by atoms with van der Waals surface area (Å²) in [4.78, 5) is 0.256. The van der Waals surface area contributed by atoms with Gasteiger partial charge in [0, 0.05) is 12.5 Å². The van der Waals surface area contributed by atoms with Crippen molar-refractivity contribution in [2.75, 3.05) is 6.61 Å². The molecular formula is C20H31NO3S. The Morgan fingerprint density at radius 1 is 1.24 bits per heavy atom. The highest BCUT2D eigenvalue weighted by atomic mass is 32.2. The molecule has 1 aliphatic rings. The third-order valence-electron chi connectivity index (χ3n) is 5.05. The van der Waals surface area contributed by atoms with Gasteiger partial charge in [-0.05, 0) is 62.1 Å². The topological polar surface area (TPSA) is 80.4 Å². The normalized spacial score (nSPS) is 18.2. The molecule has 0 spiro atoms. The van der Waals surface area contributed by atoms with E-state index in [-0.39, 0.29) is 17.4 Å². The maximum absolute atomic E-state index is 12.4. The van der Waals surface area contributed by atoms with Crippen LogP contribution in [0.15, 0.2) is 28.7 Å². The lowest BCUT2D eigenvalue weighted by Crippen LogP contribution is -2.20. The lowest BCUT2D eigenvalue weighted by atomic mass is 9.82. The number of aliphatic hydroxyl groups excluding tert-OH is 1. The van der Waals surface area contributed by atoms with Gasteiger partial charge >= 0.3 is 0 Å². The van der Waals surface area contributed by atoms with Crippen LogP contribution >= 0.6 is 0 Å². The van der Waals surface area contributed by atoms with Crippen molar-refractivity contribution < 1.29 is 13.5 Å². The van der Waals surface area contributed by atoms with E-state index in [2.05, 4.69) is 26.0 Å². The molecule has 3 N–H and O–H groups in total. The first kappa shape index (κ1) is 20.1. The van der Waals surface area contributed by atoms with E-state index >= 15 is 0 Å². The number of unbranched alkanes of at least 4 members (excludes halogenated alkanes) is 2. The van der Waals surface area contributed by atoms with Gasteiger partial charge in [-0.1, -0.05) is 43.5 Å². The largest absolute Gasteiger partial charge is 0.396 e. The van der Waals surface area contributed by atoms with Gasteiger partial charge in [0.05, 0.1) is 4.90 Å². The van der Waals surface area contributed by atoms with Crippen molar-refractivity contribution in [3.8, 4) is 0 Å². The van der Waals surface area contributed by atoms with Crippen molar-refractivity contribution in [2.45, 2.75) is 76.0 Å². The van der Waals surface area contributed by atoms with Crippen LogP contribution in [-0.2, 0) is 22.9 Å². The molecular weight excluding hydrogens is 334 g/mol. The zero-order valence-corrected chi connectivity index (χ0v) is 16.2. The Balaban J connectivity index is 2.56. The summed E-state index contributed by atoms with van der Waals surface area (Å²) < 4.78 is 24.7. The molecule has 4 nitrogen and oxygen atoms in total. The minimum absolute atomic E-state index is 0.0800. The number of hydrogen-bond acceptors (Lipinski definition) is 3. The van der Waals surface area contributed by atoms with Crippen LogP contribution in [0.2, 0.25) is 0 Å². The highest BCUT2D eigenvalue weighted by molar-refractivity contribution is 7.89. The standard InChI is InChI=1S/C20H31NO3S/c1-3-4-5-8-16-10-11-18(17-9-6-7-15(2)14-17)19(12-13-22)20(16)25(21,23)24/h10-11,14,17,22H,3-9,12-13H2,1-2H3,(H2,21,23,24). The van der Waals surface area contributed by atoms with Gasteiger partial charge < -0.3 is 5.11 Å². The van der Waals surface area contributed by atoms with E-state index in [4.69, 9.17) is 5.14 Å². The Bertz CT molecular complexity index is 723. The summed E-state index contributed by atoms with van der Waals surface area (Å²) in [5.74, 6) is 0.209. The number of aryl methyl sites for hydroxylation is 1. The second kappa shape index (κ2) is 8.97. The van der Waals surface area contributed by atoms with E-state index < -0.39 is 10.0 Å². The second-order valence-electron chi connectivity index (χ2n) is 7.11. The number of allylic oxidation sites excluding steroid dienone is 2. The summed E-state index contributed by atoms with van der Waals surface area (Å²) in [5.41, 5.74) is 3.86. The van der Waals surface area contributed by atoms with Gasteiger partial charge in [-0.3, -0.25) is 0 Å². The molecule has 1 aromatic rings. The maximum Gasteiger partial charge on any atom is 0.238 e. The van der Waals surface area contributed by atoms with Crippen LogP contribution in [0.4, 0.5) is 0 Å². The summed E-state index contributed by atoms with van der Waals surface area (Å²) in [5, 5.41) is 15.1. The lowest BCUT2D eigenvalue weighted by molar-refractivity contribution is 0.298. The summed E-state index contributed by atoms with van der Waals surface area (Å²) >= 11 is 0. The molecule has 140 valence electrons. The Morgan fingerprint density at radius 3 is 2.60 bits per heavy atom. The predicted molar refractivity (Wildman–Crippen MR) is 102 cm³/mol. The van der Waals surface area contributed by atoms with E-state index in [1.54, 1.807) is 0 Å². The van der Waals surface area contributed by atoms with Crippen molar-refractivity contribution in [1.29, 1.82) is 0 Å². The third kappa shape index (κ3) is 5.16. The maximum atomic E-state index is 12.4. The van der Waals surface area contributed by atoms with Crippen LogP contribution < -0.4 is 5.14 Å². The van der Waals surface area contributed by atoms with Gasteiger partial charge in [0.15, 0.2) is 0 Å². The molecule has 0 bridgehead atoms. The first-order valence-corrected chi connectivity index (χ1v) is 10.9. The number of aliphatic hydroxyl groups is 1. The predicted octanol–water partition coefficient (Wildman–Crippen LogP) is 3.82. The Hall–Kier alpha value is -1.17. The molecule has 0 radical (unpaired) electrons. The minimum atomic E-state index is -3.83. The van der Waals surface area contributed by atoms with Crippen LogP contribution in [0, 0.1) is 0 Å². The van der Waals surface area contributed by atoms with Crippen molar-refractivity contribution in [1.82, 2.24) is 0 Å². The monoisotopic (exact) mass is 365 g/mol.